The highest BCUT2D eigenvalue weighted by Gasteiger charge is 2.10. The average Bonchev–Trinajstić information content (AvgIpc) is 2.83. The van der Waals surface area contributed by atoms with Gasteiger partial charge in [-0.3, -0.25) is 0 Å². The van der Waals surface area contributed by atoms with Gasteiger partial charge in [-0.1, -0.05) is 0 Å². The van der Waals surface area contributed by atoms with Gasteiger partial charge in [0.15, 0.2) is 0 Å². The Hall–Kier alpha value is -1.30. The number of imidazole rings is 1. The van der Waals surface area contributed by atoms with Crippen molar-refractivity contribution in [3.8, 4) is 5.75 Å². The smallest absolute Gasteiger partial charge is 0.124 e. The fourth-order valence-corrected chi connectivity index (χ4v) is 2.35. The number of likely N-dealkylation sites (N-methyl/N-ethyl adjacent to an activating group) is 1. The van der Waals surface area contributed by atoms with Gasteiger partial charge in [-0.15, -0.1) is 11.6 Å². The Labute approximate surface area is 130 Å². The number of nitrogens with zero attached hydrogens (tertiary/aromatic N) is 3. The Kier molecular flexibility index (Phi) is 5.85. The molecule has 0 unspecified atom stereocenters. The van der Waals surface area contributed by atoms with Gasteiger partial charge in [0.1, 0.15) is 11.6 Å². The summed E-state index contributed by atoms with van der Waals surface area (Å²) in [5.41, 5.74) is 1.96. The van der Waals surface area contributed by atoms with Crippen LogP contribution >= 0.6 is 11.6 Å². The molecular formula is C15H22ClN3O2. The Bertz CT molecular complexity index is 584. The third-order valence-corrected chi connectivity index (χ3v) is 3.54. The lowest BCUT2D eigenvalue weighted by Crippen LogP contribution is -2.19. The maximum absolute atomic E-state index is 6.00. The van der Waals surface area contributed by atoms with Crippen molar-refractivity contribution in [2.24, 2.45) is 0 Å². The van der Waals surface area contributed by atoms with Crippen molar-refractivity contribution in [3.05, 3.63) is 24.0 Å². The molecule has 0 amide bonds. The van der Waals surface area contributed by atoms with Gasteiger partial charge in [0, 0.05) is 19.2 Å². The van der Waals surface area contributed by atoms with Gasteiger partial charge in [0.2, 0.25) is 0 Å². The van der Waals surface area contributed by atoms with Crippen molar-refractivity contribution in [2.75, 3.05) is 41.0 Å². The summed E-state index contributed by atoms with van der Waals surface area (Å²) in [7, 11) is 5.72. The molecule has 0 aliphatic heterocycles. The first-order valence-corrected chi connectivity index (χ1v) is 7.50. The lowest BCUT2D eigenvalue weighted by atomic mass is 10.3. The first-order chi connectivity index (χ1) is 10.2. The molecule has 0 fully saturated rings. The largest absolute Gasteiger partial charge is 0.497 e. The number of alkyl halides is 1. The molecule has 2 rings (SSSR count). The van der Waals surface area contributed by atoms with Crippen molar-refractivity contribution < 1.29 is 9.47 Å². The minimum absolute atomic E-state index is 0.384. The first-order valence-electron chi connectivity index (χ1n) is 6.97. The third-order valence-electron chi connectivity index (χ3n) is 3.30. The topological polar surface area (TPSA) is 39.5 Å². The minimum atomic E-state index is 0.384. The van der Waals surface area contributed by atoms with Crippen molar-refractivity contribution in [1.29, 1.82) is 0 Å². The molecule has 0 spiro atoms. The van der Waals surface area contributed by atoms with E-state index >= 15 is 0 Å². The second kappa shape index (κ2) is 7.64. The van der Waals surface area contributed by atoms with E-state index in [9.17, 15) is 0 Å². The van der Waals surface area contributed by atoms with Crippen LogP contribution in [0.15, 0.2) is 18.2 Å². The fourth-order valence-electron chi connectivity index (χ4n) is 2.14. The average molecular weight is 312 g/mol. The summed E-state index contributed by atoms with van der Waals surface area (Å²) >= 11 is 6.00. The Morgan fingerprint density at radius 2 is 2.10 bits per heavy atom. The van der Waals surface area contributed by atoms with E-state index < -0.39 is 0 Å². The number of rotatable bonds is 8. The quantitative estimate of drug-likeness (QED) is 0.554. The van der Waals surface area contributed by atoms with Gasteiger partial charge in [0.25, 0.3) is 0 Å². The van der Waals surface area contributed by atoms with Gasteiger partial charge >= 0.3 is 0 Å². The lowest BCUT2D eigenvalue weighted by Gasteiger charge is -2.11. The number of fused-ring (bicyclic) bond motifs is 1. The molecule has 21 heavy (non-hydrogen) atoms. The molecule has 0 bridgehead atoms. The normalized spacial score (nSPS) is 11.5. The van der Waals surface area contributed by atoms with Crippen LogP contribution in [0.5, 0.6) is 5.75 Å². The predicted octanol–water partition coefficient (Wildman–Crippen LogP) is 2.36. The van der Waals surface area contributed by atoms with Crippen LogP contribution in [0.1, 0.15) is 5.82 Å². The molecule has 0 saturated heterocycles. The molecule has 0 aliphatic carbocycles. The van der Waals surface area contributed by atoms with E-state index in [0.29, 0.717) is 12.5 Å². The van der Waals surface area contributed by atoms with Crippen LogP contribution < -0.4 is 4.74 Å². The lowest BCUT2D eigenvalue weighted by molar-refractivity contribution is 0.111. The Morgan fingerprint density at radius 1 is 1.29 bits per heavy atom. The van der Waals surface area contributed by atoms with Gasteiger partial charge in [0.05, 0.1) is 37.2 Å². The van der Waals surface area contributed by atoms with Gasteiger partial charge in [-0.2, -0.15) is 0 Å². The molecule has 2 aromatic rings. The first kappa shape index (κ1) is 16.1. The fraction of sp³-hybridized carbons (Fsp3) is 0.533. The van der Waals surface area contributed by atoms with E-state index in [2.05, 4.69) is 14.5 Å². The molecule has 116 valence electrons. The molecule has 0 atom stereocenters. The van der Waals surface area contributed by atoms with Crippen LogP contribution in [0, 0.1) is 0 Å². The third kappa shape index (κ3) is 4.09. The van der Waals surface area contributed by atoms with E-state index in [0.717, 1.165) is 42.3 Å². The molecule has 0 aliphatic rings. The van der Waals surface area contributed by atoms with Crippen LogP contribution in [0.4, 0.5) is 0 Å². The number of halogens is 1. The van der Waals surface area contributed by atoms with E-state index in [1.807, 2.05) is 32.3 Å². The summed E-state index contributed by atoms with van der Waals surface area (Å²) in [5.74, 6) is 2.04. The Balaban J connectivity index is 2.07. The van der Waals surface area contributed by atoms with Crippen LogP contribution in [0.2, 0.25) is 0 Å². The maximum atomic E-state index is 6.00. The van der Waals surface area contributed by atoms with Gasteiger partial charge in [-0.05, 0) is 26.2 Å². The second-order valence-electron chi connectivity index (χ2n) is 5.08. The molecule has 1 heterocycles. The van der Waals surface area contributed by atoms with Crippen molar-refractivity contribution >= 4 is 22.6 Å². The summed E-state index contributed by atoms with van der Waals surface area (Å²) in [6.07, 6.45) is 0. The molecule has 1 aromatic carbocycles. The standard InChI is InChI=1S/C15H22ClN3O2/c1-18(2)6-8-21-9-7-19-14-5-4-12(20-3)10-13(14)17-15(19)11-16/h4-5,10H,6-9,11H2,1-3H3. The number of methoxy groups -OCH3 is 1. The number of ether oxygens (including phenoxy) is 2. The van der Waals surface area contributed by atoms with Gasteiger partial charge < -0.3 is 18.9 Å². The highest BCUT2D eigenvalue weighted by Crippen LogP contribution is 2.22. The summed E-state index contributed by atoms with van der Waals surface area (Å²) in [4.78, 5) is 6.65. The van der Waals surface area contributed by atoms with Gasteiger partial charge in [-0.25, -0.2) is 4.98 Å². The number of benzene rings is 1. The number of hydrogen-bond acceptors (Lipinski definition) is 4. The second-order valence-corrected chi connectivity index (χ2v) is 5.35. The van der Waals surface area contributed by atoms with Crippen LogP contribution in [0.3, 0.4) is 0 Å². The van der Waals surface area contributed by atoms with Crippen LogP contribution in [0.25, 0.3) is 11.0 Å². The number of hydrogen-bond donors (Lipinski definition) is 0. The maximum Gasteiger partial charge on any atom is 0.124 e. The molecule has 0 radical (unpaired) electrons. The van der Waals surface area contributed by atoms with Crippen molar-refractivity contribution in [3.63, 3.8) is 0 Å². The van der Waals surface area contributed by atoms with E-state index in [-0.39, 0.29) is 0 Å². The number of aromatic nitrogens is 2. The zero-order chi connectivity index (χ0) is 15.2. The van der Waals surface area contributed by atoms with E-state index in [1.165, 1.54) is 0 Å². The van der Waals surface area contributed by atoms with Crippen molar-refractivity contribution in [2.45, 2.75) is 12.4 Å². The SMILES string of the molecule is COc1ccc2c(c1)nc(CCl)n2CCOCCN(C)C. The highest BCUT2D eigenvalue weighted by molar-refractivity contribution is 6.16. The molecule has 1 aromatic heterocycles. The monoisotopic (exact) mass is 311 g/mol. The molecule has 0 saturated carbocycles. The van der Waals surface area contributed by atoms with E-state index in [1.54, 1.807) is 7.11 Å². The summed E-state index contributed by atoms with van der Waals surface area (Å²) in [5, 5.41) is 0. The zero-order valence-electron chi connectivity index (χ0n) is 12.8. The van der Waals surface area contributed by atoms with E-state index in [4.69, 9.17) is 21.1 Å². The predicted molar refractivity (Wildman–Crippen MR) is 85.2 cm³/mol. The zero-order valence-corrected chi connectivity index (χ0v) is 13.6. The van der Waals surface area contributed by atoms with Crippen LogP contribution in [-0.2, 0) is 17.2 Å². The van der Waals surface area contributed by atoms with Crippen LogP contribution in [-0.4, -0.2) is 55.4 Å². The summed E-state index contributed by atoms with van der Waals surface area (Å²) in [6.45, 7) is 3.04. The molecule has 6 heteroatoms. The minimum Gasteiger partial charge on any atom is -0.497 e. The molecule has 0 N–H and O–H groups in total. The van der Waals surface area contributed by atoms with Crippen molar-refractivity contribution in [1.82, 2.24) is 14.5 Å². The molecular weight excluding hydrogens is 290 g/mol. The summed E-state index contributed by atoms with van der Waals surface area (Å²) < 4.78 is 13.0. The molecule has 5 nitrogen and oxygen atoms in total. The highest BCUT2D eigenvalue weighted by atomic mass is 35.5. The Morgan fingerprint density at radius 3 is 2.76 bits per heavy atom. The summed E-state index contributed by atoms with van der Waals surface area (Å²) in [6, 6.07) is 5.87.